The van der Waals surface area contributed by atoms with Crippen molar-refractivity contribution >= 4 is 33.6 Å². The first-order valence-electron chi connectivity index (χ1n) is 7.57. The molecule has 2 N–H and O–H groups in total. The molecule has 0 bridgehead atoms. The molecule has 1 fully saturated rings. The van der Waals surface area contributed by atoms with Gasteiger partial charge < -0.3 is 19.8 Å². The first kappa shape index (κ1) is 17.2. The van der Waals surface area contributed by atoms with E-state index in [2.05, 4.69) is 20.9 Å². The number of benzene rings is 1. The molecule has 0 atom stereocenters. The summed E-state index contributed by atoms with van der Waals surface area (Å²) >= 11 is 3.34. The third kappa shape index (κ3) is 3.17. The fourth-order valence-electron chi connectivity index (χ4n) is 2.92. The highest BCUT2D eigenvalue weighted by molar-refractivity contribution is 9.10. The van der Waals surface area contributed by atoms with Gasteiger partial charge in [0, 0.05) is 17.1 Å². The van der Waals surface area contributed by atoms with E-state index >= 15 is 0 Å². The van der Waals surface area contributed by atoms with Gasteiger partial charge in [0.25, 0.3) is 0 Å². The molecule has 0 spiro atoms. The molecule has 1 saturated heterocycles. The highest BCUT2D eigenvalue weighted by atomic mass is 79.9. The summed E-state index contributed by atoms with van der Waals surface area (Å²) in [6.07, 6.45) is 1.96. The first-order valence-corrected chi connectivity index (χ1v) is 8.37. The van der Waals surface area contributed by atoms with Crippen LogP contribution in [-0.2, 0) is 9.59 Å². The molecule has 130 valence electrons. The molecule has 0 unspecified atom stereocenters. The number of anilines is 1. The van der Waals surface area contributed by atoms with Gasteiger partial charge in [0.15, 0.2) is 0 Å². The number of aromatic nitrogens is 1. The van der Waals surface area contributed by atoms with Crippen molar-refractivity contribution in [3.8, 4) is 11.6 Å². The zero-order valence-corrected chi connectivity index (χ0v) is 14.6. The number of rotatable bonds is 5. The summed E-state index contributed by atoms with van der Waals surface area (Å²) in [6.45, 7) is 0.340. The normalized spacial score (nSPS) is 15.8. The van der Waals surface area contributed by atoms with Crippen LogP contribution in [0, 0.1) is 0 Å². The molecule has 0 saturated carbocycles. The van der Waals surface area contributed by atoms with Crippen molar-refractivity contribution in [2.75, 3.05) is 11.4 Å². The maximum absolute atomic E-state index is 11.6. The van der Waals surface area contributed by atoms with Crippen LogP contribution in [-0.4, -0.2) is 39.2 Å². The smallest absolute Gasteiger partial charge is 0.341 e. The Balaban J connectivity index is 1.83. The third-order valence-corrected chi connectivity index (χ3v) is 4.69. The number of carbonyl (C=O) groups is 2. The summed E-state index contributed by atoms with van der Waals surface area (Å²) in [5, 5.41) is 18.9. The van der Waals surface area contributed by atoms with Gasteiger partial charge in [-0.15, -0.1) is 0 Å². The number of aliphatic carboxylic acids is 2. The van der Waals surface area contributed by atoms with Gasteiger partial charge in [-0.3, -0.25) is 0 Å². The number of hydrogen-bond donors (Lipinski definition) is 2. The molecule has 0 amide bonds. The monoisotopic (exact) mass is 406 g/mol. The lowest BCUT2D eigenvalue weighted by Crippen LogP contribution is -2.57. The molecule has 1 aliphatic rings. The Morgan fingerprint density at radius 3 is 2.36 bits per heavy atom. The second kappa shape index (κ2) is 6.72. The highest BCUT2D eigenvalue weighted by Crippen LogP contribution is 2.35. The van der Waals surface area contributed by atoms with E-state index in [1.807, 2.05) is 12.1 Å². The van der Waals surface area contributed by atoms with Crippen LogP contribution in [0.2, 0.25) is 0 Å². The first-order chi connectivity index (χ1) is 11.9. The van der Waals surface area contributed by atoms with Gasteiger partial charge in [0.2, 0.25) is 11.4 Å². The van der Waals surface area contributed by atoms with Crippen molar-refractivity contribution < 1.29 is 24.5 Å². The molecular weight excluding hydrogens is 392 g/mol. The van der Waals surface area contributed by atoms with Gasteiger partial charge in [0.1, 0.15) is 5.75 Å². The van der Waals surface area contributed by atoms with E-state index in [0.717, 1.165) is 4.47 Å². The van der Waals surface area contributed by atoms with Crippen molar-refractivity contribution in [2.45, 2.75) is 18.4 Å². The number of pyridine rings is 1. The largest absolute Gasteiger partial charge is 0.479 e. The average molecular weight is 407 g/mol. The van der Waals surface area contributed by atoms with Gasteiger partial charge in [-0.2, -0.15) is 0 Å². The number of carboxylic acids is 2. The average Bonchev–Trinajstić information content (AvgIpc) is 3.04. The van der Waals surface area contributed by atoms with E-state index in [0.29, 0.717) is 30.3 Å². The van der Waals surface area contributed by atoms with Gasteiger partial charge in [-0.1, -0.05) is 15.9 Å². The molecule has 0 radical (unpaired) electrons. The van der Waals surface area contributed by atoms with Gasteiger partial charge in [-0.05, 0) is 43.2 Å². The number of carboxylic acid groups (broad SMARTS) is 2. The van der Waals surface area contributed by atoms with Crippen LogP contribution in [0.25, 0.3) is 0 Å². The summed E-state index contributed by atoms with van der Waals surface area (Å²) in [5.41, 5.74) is -1.51. The molecule has 1 aliphatic heterocycles. The van der Waals surface area contributed by atoms with Gasteiger partial charge in [0.05, 0.1) is 11.9 Å². The molecule has 0 aliphatic carbocycles. The van der Waals surface area contributed by atoms with E-state index in [-0.39, 0.29) is 6.42 Å². The van der Waals surface area contributed by atoms with Crippen LogP contribution in [0.1, 0.15) is 12.8 Å². The predicted octanol–water partition coefficient (Wildman–Crippen LogP) is 3.14. The number of hydrogen-bond acceptors (Lipinski definition) is 5. The predicted molar refractivity (Wildman–Crippen MR) is 93.0 cm³/mol. The Kier molecular flexibility index (Phi) is 4.63. The van der Waals surface area contributed by atoms with Crippen LogP contribution in [0.3, 0.4) is 0 Å². The molecule has 7 nitrogen and oxygen atoms in total. The molecule has 2 aromatic rings. The lowest BCUT2D eigenvalue weighted by molar-refractivity contribution is -0.156. The quantitative estimate of drug-likeness (QED) is 0.735. The fourth-order valence-corrected chi connectivity index (χ4v) is 3.18. The molecule has 25 heavy (non-hydrogen) atoms. The van der Waals surface area contributed by atoms with E-state index in [1.54, 1.807) is 24.3 Å². The standard InChI is InChI=1S/C17H15BrN2O5/c18-11-2-5-13(6-3-11)25-14-7-4-12(10-19-14)20-9-1-8-17(20,15(21)22)16(23)24/h2-7,10H,1,8-9H2,(H,21,22)(H,23,24). The topological polar surface area (TPSA) is 100.0 Å². The SMILES string of the molecule is O=C(O)C1(C(=O)O)CCCN1c1ccc(Oc2ccc(Br)cc2)nc1. The summed E-state index contributed by atoms with van der Waals surface area (Å²) in [7, 11) is 0. The van der Waals surface area contributed by atoms with Crippen LogP contribution < -0.4 is 9.64 Å². The van der Waals surface area contributed by atoms with E-state index in [9.17, 15) is 19.8 Å². The van der Waals surface area contributed by atoms with Gasteiger partial charge >= 0.3 is 11.9 Å². The summed E-state index contributed by atoms with van der Waals surface area (Å²) in [5.74, 6) is -1.79. The lowest BCUT2D eigenvalue weighted by atomic mass is 9.96. The Hall–Kier alpha value is -2.61. The molecule has 3 rings (SSSR count). The fraction of sp³-hybridized carbons (Fsp3) is 0.235. The molecule has 8 heteroatoms. The molecule has 1 aromatic heterocycles. The van der Waals surface area contributed by atoms with Crippen LogP contribution >= 0.6 is 15.9 Å². The number of ether oxygens (including phenoxy) is 1. The Morgan fingerprint density at radius 1 is 1.12 bits per heavy atom. The van der Waals surface area contributed by atoms with Crippen molar-refractivity contribution in [1.82, 2.24) is 4.98 Å². The third-order valence-electron chi connectivity index (χ3n) is 4.16. The maximum atomic E-state index is 11.6. The number of nitrogens with zero attached hydrogens (tertiary/aromatic N) is 2. The maximum Gasteiger partial charge on any atom is 0.341 e. The van der Waals surface area contributed by atoms with E-state index in [4.69, 9.17) is 4.74 Å². The zero-order valence-electron chi connectivity index (χ0n) is 13.1. The van der Waals surface area contributed by atoms with E-state index in [1.165, 1.54) is 11.1 Å². The second-order valence-corrected chi connectivity index (χ2v) is 6.55. The van der Waals surface area contributed by atoms with Crippen LogP contribution in [0.15, 0.2) is 47.1 Å². The number of halogens is 1. The minimum absolute atomic E-state index is 0.0504. The summed E-state index contributed by atoms with van der Waals surface area (Å²) in [4.78, 5) is 28.8. The van der Waals surface area contributed by atoms with Crippen LogP contribution in [0.5, 0.6) is 11.6 Å². The van der Waals surface area contributed by atoms with Crippen LogP contribution in [0.4, 0.5) is 5.69 Å². The van der Waals surface area contributed by atoms with Crippen molar-refractivity contribution in [1.29, 1.82) is 0 Å². The lowest BCUT2D eigenvalue weighted by Gasteiger charge is -2.32. The van der Waals surface area contributed by atoms with Crippen molar-refractivity contribution in [3.63, 3.8) is 0 Å². The summed E-state index contributed by atoms with van der Waals surface area (Å²) < 4.78 is 6.54. The molecule has 1 aromatic carbocycles. The minimum Gasteiger partial charge on any atom is -0.479 e. The zero-order chi connectivity index (χ0) is 18.0. The van der Waals surface area contributed by atoms with Gasteiger partial charge in [-0.25, -0.2) is 14.6 Å². The molecule has 2 heterocycles. The Morgan fingerprint density at radius 2 is 1.80 bits per heavy atom. The van der Waals surface area contributed by atoms with Crippen molar-refractivity contribution in [2.24, 2.45) is 0 Å². The Bertz CT molecular complexity index is 778. The second-order valence-electron chi connectivity index (χ2n) is 5.64. The highest BCUT2D eigenvalue weighted by Gasteiger charge is 2.54. The van der Waals surface area contributed by atoms with E-state index < -0.39 is 17.5 Å². The van der Waals surface area contributed by atoms with Crippen molar-refractivity contribution in [3.05, 3.63) is 47.1 Å². The molecular formula is C17H15BrN2O5. The minimum atomic E-state index is -1.95. The summed E-state index contributed by atoms with van der Waals surface area (Å²) in [6, 6.07) is 10.4. The Labute approximate surface area is 152 Å².